The van der Waals surface area contributed by atoms with Gasteiger partial charge in [-0.15, -0.1) is 10.1 Å². The third-order valence-corrected chi connectivity index (χ3v) is 3.28. The highest BCUT2D eigenvalue weighted by atomic mass is 17.0. The van der Waals surface area contributed by atoms with E-state index in [1.165, 1.54) is 19.1 Å². The number of nitro groups is 1. The van der Waals surface area contributed by atoms with Gasteiger partial charge in [-0.05, 0) is 12.5 Å². The average molecular weight is 369 g/mol. The highest BCUT2D eigenvalue weighted by Gasteiger charge is 2.25. The second kappa shape index (κ2) is 9.91. The number of hydrogen-bond acceptors (Lipinski definition) is 8. The van der Waals surface area contributed by atoms with E-state index >= 15 is 0 Å². The number of ether oxygens (including phenoxy) is 1. The molecule has 0 aliphatic rings. The van der Waals surface area contributed by atoms with E-state index in [9.17, 15) is 29.8 Å². The van der Waals surface area contributed by atoms with Gasteiger partial charge in [-0.2, -0.15) is 0 Å². The number of carbonyl (C=O) groups excluding carboxylic acids is 2. The summed E-state index contributed by atoms with van der Waals surface area (Å²) in [6.45, 7) is 3.11. The van der Waals surface area contributed by atoms with Crippen molar-refractivity contribution in [1.82, 2.24) is 5.32 Å². The lowest BCUT2D eigenvalue weighted by Gasteiger charge is -2.15. The lowest BCUT2D eigenvalue weighted by Crippen LogP contribution is -2.35. The van der Waals surface area contributed by atoms with Gasteiger partial charge in [-0.25, -0.2) is 0 Å². The van der Waals surface area contributed by atoms with E-state index in [1.54, 1.807) is 6.92 Å². The summed E-state index contributed by atoms with van der Waals surface area (Å²) in [5, 5.41) is 23.0. The number of esters is 1. The Bertz CT molecular complexity index is 691. The van der Waals surface area contributed by atoms with Gasteiger partial charge in [0.05, 0.1) is 10.5 Å². The molecule has 1 N–H and O–H groups in total. The number of hydrogen-bond donors (Lipinski definition) is 1. The summed E-state index contributed by atoms with van der Waals surface area (Å²) >= 11 is 0. The standard InChI is InChI=1S/C15H19N3O8/c1-3-6-10(26-18(23)24)9-16-15(20)11-7-5-8-12(17(21)22)14(11)25-13(19)4-2/h5,7-8,10H,3-4,6,9H2,1-2H3,(H,16,20). The Labute approximate surface area is 148 Å². The first-order valence-electron chi connectivity index (χ1n) is 7.87. The SMILES string of the molecule is CCCC(CNC(=O)c1cccc([N+](=O)[O-])c1OC(=O)CC)O[N+](=O)[O-]. The summed E-state index contributed by atoms with van der Waals surface area (Å²) in [5.41, 5.74) is -0.761. The van der Waals surface area contributed by atoms with Gasteiger partial charge in [0.25, 0.3) is 11.0 Å². The smallest absolute Gasteiger partial charge is 0.312 e. The average Bonchev–Trinajstić information content (AvgIpc) is 2.58. The molecule has 142 valence electrons. The lowest BCUT2D eigenvalue weighted by atomic mass is 10.1. The van der Waals surface area contributed by atoms with Crippen molar-refractivity contribution in [1.29, 1.82) is 0 Å². The molecule has 11 nitrogen and oxygen atoms in total. The van der Waals surface area contributed by atoms with Gasteiger partial charge in [0.2, 0.25) is 5.75 Å². The van der Waals surface area contributed by atoms with Crippen LogP contribution in [0.5, 0.6) is 5.75 Å². The molecule has 1 rings (SSSR count). The molecule has 0 radical (unpaired) electrons. The molecule has 0 bridgehead atoms. The third-order valence-electron chi connectivity index (χ3n) is 3.28. The van der Waals surface area contributed by atoms with Crippen LogP contribution in [0.15, 0.2) is 18.2 Å². The van der Waals surface area contributed by atoms with Crippen LogP contribution in [0, 0.1) is 20.2 Å². The van der Waals surface area contributed by atoms with Crippen LogP contribution in [0.2, 0.25) is 0 Å². The molecule has 0 aliphatic carbocycles. The first kappa shape index (κ1) is 20.8. The zero-order chi connectivity index (χ0) is 19.7. The fourth-order valence-corrected chi connectivity index (χ4v) is 2.08. The van der Waals surface area contributed by atoms with Crippen LogP contribution < -0.4 is 10.1 Å². The minimum absolute atomic E-state index is 0.0393. The van der Waals surface area contributed by atoms with Crippen LogP contribution in [0.25, 0.3) is 0 Å². The molecular formula is C15H19N3O8. The summed E-state index contributed by atoms with van der Waals surface area (Å²) in [6, 6.07) is 3.63. The molecule has 0 saturated carbocycles. The maximum Gasteiger partial charge on any atom is 0.312 e. The fourth-order valence-electron chi connectivity index (χ4n) is 2.08. The van der Waals surface area contributed by atoms with E-state index in [4.69, 9.17) is 4.74 Å². The number of para-hydroxylation sites is 1. The Morgan fingerprint density at radius 1 is 1.23 bits per heavy atom. The predicted molar refractivity (Wildman–Crippen MR) is 88.1 cm³/mol. The molecule has 0 aliphatic heterocycles. The van der Waals surface area contributed by atoms with Crippen LogP contribution in [-0.4, -0.2) is 34.5 Å². The first-order chi connectivity index (χ1) is 12.3. The van der Waals surface area contributed by atoms with E-state index in [0.717, 1.165) is 6.07 Å². The fraction of sp³-hybridized carbons (Fsp3) is 0.467. The maximum absolute atomic E-state index is 12.4. The molecule has 0 saturated heterocycles. The number of amides is 1. The van der Waals surface area contributed by atoms with E-state index in [-0.39, 0.29) is 18.5 Å². The topological polar surface area (TPSA) is 151 Å². The molecule has 1 atom stereocenters. The predicted octanol–water partition coefficient (Wildman–Crippen LogP) is 2.02. The monoisotopic (exact) mass is 369 g/mol. The number of rotatable bonds is 10. The normalized spacial score (nSPS) is 11.3. The molecule has 0 heterocycles. The Morgan fingerprint density at radius 3 is 2.46 bits per heavy atom. The third kappa shape index (κ3) is 6.00. The summed E-state index contributed by atoms with van der Waals surface area (Å²) in [7, 11) is 0. The van der Waals surface area contributed by atoms with Gasteiger partial charge in [0.15, 0.2) is 0 Å². The van der Waals surface area contributed by atoms with Crippen LogP contribution in [0.4, 0.5) is 5.69 Å². The van der Waals surface area contributed by atoms with Gasteiger partial charge < -0.3 is 14.9 Å². The lowest BCUT2D eigenvalue weighted by molar-refractivity contribution is -0.768. The van der Waals surface area contributed by atoms with Gasteiger partial charge in [0.1, 0.15) is 6.10 Å². The maximum atomic E-state index is 12.4. The Kier molecular flexibility index (Phi) is 7.93. The van der Waals surface area contributed by atoms with Crippen LogP contribution in [0.3, 0.4) is 0 Å². The molecule has 26 heavy (non-hydrogen) atoms. The van der Waals surface area contributed by atoms with Gasteiger partial charge >= 0.3 is 11.7 Å². The van der Waals surface area contributed by atoms with Gasteiger partial charge in [-0.1, -0.05) is 26.3 Å². The van der Waals surface area contributed by atoms with Crippen LogP contribution in [0.1, 0.15) is 43.5 Å². The molecule has 1 amide bonds. The van der Waals surface area contributed by atoms with E-state index in [0.29, 0.717) is 12.8 Å². The minimum atomic E-state index is -0.950. The first-order valence-corrected chi connectivity index (χ1v) is 7.87. The van der Waals surface area contributed by atoms with Crippen molar-refractivity contribution < 1.29 is 29.2 Å². The van der Waals surface area contributed by atoms with E-state index < -0.39 is 39.4 Å². The number of carbonyl (C=O) groups is 2. The quantitative estimate of drug-likeness (QED) is 0.285. The molecule has 0 spiro atoms. The van der Waals surface area contributed by atoms with Crippen molar-refractivity contribution in [2.45, 2.75) is 39.2 Å². The van der Waals surface area contributed by atoms with E-state index in [1.807, 2.05) is 0 Å². The highest BCUT2D eigenvalue weighted by molar-refractivity contribution is 5.99. The molecule has 1 aromatic rings. The molecular weight excluding hydrogens is 350 g/mol. The second-order valence-corrected chi connectivity index (χ2v) is 5.19. The summed E-state index contributed by atoms with van der Waals surface area (Å²) in [6.07, 6.45) is 0.0140. The summed E-state index contributed by atoms with van der Waals surface area (Å²) in [4.78, 5) is 49.2. The molecule has 1 aromatic carbocycles. The number of nitrogens with one attached hydrogen (secondary N) is 1. The second-order valence-electron chi connectivity index (χ2n) is 5.19. The molecule has 0 aromatic heterocycles. The van der Waals surface area contributed by atoms with Gasteiger partial charge in [-0.3, -0.25) is 19.7 Å². The zero-order valence-electron chi connectivity index (χ0n) is 14.3. The van der Waals surface area contributed by atoms with Crippen molar-refractivity contribution >= 4 is 17.6 Å². The minimum Gasteiger partial charge on any atom is -0.418 e. The Balaban J connectivity index is 3.03. The number of benzene rings is 1. The van der Waals surface area contributed by atoms with E-state index in [2.05, 4.69) is 10.2 Å². The zero-order valence-corrected chi connectivity index (χ0v) is 14.3. The number of nitro benzene ring substituents is 1. The highest BCUT2D eigenvalue weighted by Crippen LogP contribution is 2.31. The molecule has 11 heteroatoms. The Hall–Kier alpha value is -3.24. The van der Waals surface area contributed by atoms with Gasteiger partial charge in [0, 0.05) is 19.0 Å². The van der Waals surface area contributed by atoms with Crippen LogP contribution in [-0.2, 0) is 9.63 Å². The summed E-state index contributed by atoms with van der Waals surface area (Å²) < 4.78 is 4.95. The number of nitrogens with zero attached hydrogens (tertiary/aromatic N) is 2. The largest absolute Gasteiger partial charge is 0.418 e. The van der Waals surface area contributed by atoms with Crippen molar-refractivity contribution in [3.05, 3.63) is 44.0 Å². The summed E-state index contributed by atoms with van der Waals surface area (Å²) in [5.74, 6) is -1.99. The van der Waals surface area contributed by atoms with Crippen molar-refractivity contribution in [3.8, 4) is 5.75 Å². The van der Waals surface area contributed by atoms with Crippen molar-refractivity contribution in [2.75, 3.05) is 6.54 Å². The Morgan fingerprint density at radius 2 is 1.92 bits per heavy atom. The van der Waals surface area contributed by atoms with Crippen LogP contribution >= 0.6 is 0 Å². The molecule has 0 fully saturated rings. The van der Waals surface area contributed by atoms with Crippen molar-refractivity contribution in [2.24, 2.45) is 0 Å². The molecule has 1 unspecified atom stereocenters. The van der Waals surface area contributed by atoms with Crippen molar-refractivity contribution in [3.63, 3.8) is 0 Å².